The first kappa shape index (κ1) is 20.6. The third-order valence-corrected chi connectivity index (χ3v) is 5.00. The molecule has 0 aliphatic carbocycles. The standard InChI is InChI=1S/C21H20Cl2N2O2S/c1-11(2)27-20-15(22)9-14(10-16(20)23)19-17(12(3)26)18(24-21(28)25-19)13-7-5-4-6-8-13/h4-11,19H,1-3H3,(H2,24,25,28)/t19-/m1/s1. The van der Waals surface area contributed by atoms with E-state index < -0.39 is 6.04 Å². The second-order valence-corrected chi connectivity index (χ2v) is 7.95. The first-order chi connectivity index (χ1) is 13.3. The van der Waals surface area contributed by atoms with E-state index in [1.807, 2.05) is 44.2 Å². The first-order valence-electron chi connectivity index (χ1n) is 8.81. The second-order valence-electron chi connectivity index (χ2n) is 6.72. The van der Waals surface area contributed by atoms with Crippen molar-refractivity contribution >= 4 is 52.0 Å². The lowest BCUT2D eigenvalue weighted by Gasteiger charge is -2.31. The molecule has 146 valence electrons. The monoisotopic (exact) mass is 434 g/mol. The summed E-state index contributed by atoms with van der Waals surface area (Å²) in [6, 6.07) is 12.6. The average molecular weight is 435 g/mol. The summed E-state index contributed by atoms with van der Waals surface area (Å²) in [5.74, 6) is 0.344. The maximum atomic E-state index is 12.6. The van der Waals surface area contributed by atoms with Crippen LogP contribution < -0.4 is 15.4 Å². The van der Waals surface area contributed by atoms with Crippen molar-refractivity contribution in [3.05, 3.63) is 69.2 Å². The predicted octanol–water partition coefficient (Wildman–Crippen LogP) is 5.30. The minimum absolute atomic E-state index is 0.0669. The summed E-state index contributed by atoms with van der Waals surface area (Å²) in [5, 5.41) is 7.46. The average Bonchev–Trinajstić information content (AvgIpc) is 2.64. The van der Waals surface area contributed by atoms with Crippen molar-refractivity contribution in [3.63, 3.8) is 0 Å². The molecule has 0 aromatic heterocycles. The van der Waals surface area contributed by atoms with Gasteiger partial charge in [0.25, 0.3) is 0 Å². The molecule has 4 nitrogen and oxygen atoms in total. The lowest BCUT2D eigenvalue weighted by atomic mass is 9.90. The third kappa shape index (κ3) is 4.32. The summed E-state index contributed by atoms with van der Waals surface area (Å²) >= 11 is 18.2. The van der Waals surface area contributed by atoms with Crippen LogP contribution in [0.15, 0.2) is 48.0 Å². The highest BCUT2D eigenvalue weighted by Gasteiger charge is 2.31. The Hall–Kier alpha value is -2.08. The van der Waals surface area contributed by atoms with Gasteiger partial charge in [0.05, 0.1) is 27.9 Å². The Labute approximate surface area is 179 Å². The molecule has 1 atom stereocenters. The van der Waals surface area contributed by atoms with Gasteiger partial charge < -0.3 is 15.4 Å². The van der Waals surface area contributed by atoms with Gasteiger partial charge in [0.1, 0.15) is 0 Å². The van der Waals surface area contributed by atoms with E-state index in [0.29, 0.717) is 32.2 Å². The molecule has 0 amide bonds. The molecular weight excluding hydrogens is 415 g/mol. The number of ether oxygens (including phenoxy) is 1. The molecule has 0 fully saturated rings. The summed E-state index contributed by atoms with van der Waals surface area (Å²) in [6.45, 7) is 5.33. The van der Waals surface area contributed by atoms with Gasteiger partial charge in [0, 0.05) is 5.57 Å². The quantitative estimate of drug-likeness (QED) is 0.625. The van der Waals surface area contributed by atoms with E-state index in [9.17, 15) is 4.79 Å². The number of ketones is 1. The van der Waals surface area contributed by atoms with Crippen LogP contribution in [0.5, 0.6) is 5.75 Å². The fourth-order valence-electron chi connectivity index (χ4n) is 3.12. The maximum absolute atomic E-state index is 12.6. The summed E-state index contributed by atoms with van der Waals surface area (Å²) in [6.07, 6.45) is -0.0669. The second kappa shape index (κ2) is 8.52. The van der Waals surface area contributed by atoms with Gasteiger partial charge in [-0.3, -0.25) is 4.79 Å². The zero-order chi connectivity index (χ0) is 20.4. The minimum atomic E-state index is -0.482. The molecule has 1 aliphatic rings. The van der Waals surface area contributed by atoms with Crippen LogP contribution in [-0.4, -0.2) is 17.0 Å². The van der Waals surface area contributed by atoms with Gasteiger partial charge in [-0.2, -0.15) is 0 Å². The van der Waals surface area contributed by atoms with Crippen LogP contribution in [0, 0.1) is 0 Å². The lowest BCUT2D eigenvalue weighted by Crippen LogP contribution is -2.44. The van der Waals surface area contributed by atoms with Crippen molar-refractivity contribution in [1.82, 2.24) is 10.6 Å². The zero-order valence-corrected chi connectivity index (χ0v) is 18.0. The molecule has 7 heteroatoms. The molecule has 1 aliphatic heterocycles. The Balaban J connectivity index is 2.14. The van der Waals surface area contributed by atoms with Crippen LogP contribution in [0.2, 0.25) is 10.0 Å². The first-order valence-corrected chi connectivity index (χ1v) is 9.98. The van der Waals surface area contributed by atoms with E-state index in [0.717, 1.165) is 11.1 Å². The van der Waals surface area contributed by atoms with Gasteiger partial charge in [-0.1, -0.05) is 53.5 Å². The van der Waals surface area contributed by atoms with Crippen LogP contribution >= 0.6 is 35.4 Å². The number of nitrogens with one attached hydrogen (secondary N) is 2. The van der Waals surface area contributed by atoms with Crippen LogP contribution in [0.3, 0.4) is 0 Å². The number of Topliss-reactive ketones (excluding diaryl/α,β-unsaturated/α-hetero) is 1. The van der Waals surface area contributed by atoms with E-state index in [-0.39, 0.29) is 11.9 Å². The lowest BCUT2D eigenvalue weighted by molar-refractivity contribution is -0.113. The fraction of sp³-hybridized carbons (Fsp3) is 0.238. The van der Waals surface area contributed by atoms with Gasteiger partial charge in [-0.15, -0.1) is 0 Å². The number of carbonyl (C=O) groups is 1. The van der Waals surface area contributed by atoms with Crippen LogP contribution in [0.4, 0.5) is 0 Å². The van der Waals surface area contributed by atoms with Crippen molar-refractivity contribution < 1.29 is 9.53 Å². The van der Waals surface area contributed by atoms with E-state index in [2.05, 4.69) is 10.6 Å². The molecule has 28 heavy (non-hydrogen) atoms. The van der Waals surface area contributed by atoms with Crippen molar-refractivity contribution in [2.75, 3.05) is 0 Å². The summed E-state index contributed by atoms with van der Waals surface area (Å²) in [5.41, 5.74) is 2.84. The van der Waals surface area contributed by atoms with E-state index >= 15 is 0 Å². The summed E-state index contributed by atoms with van der Waals surface area (Å²) < 4.78 is 5.70. The SMILES string of the molecule is CC(=O)C1=C(c2ccccc2)NC(=S)N[C@@H]1c1cc(Cl)c(OC(C)C)c(Cl)c1. The molecule has 2 aromatic carbocycles. The molecular formula is C21H20Cl2N2O2S. The van der Waals surface area contributed by atoms with Gasteiger partial charge in [-0.05, 0) is 56.2 Å². The normalized spacial score (nSPS) is 16.6. The Bertz CT molecular complexity index is 935. The molecule has 2 N–H and O–H groups in total. The van der Waals surface area contributed by atoms with Crippen LogP contribution in [0.1, 0.15) is 37.9 Å². The smallest absolute Gasteiger partial charge is 0.171 e. The maximum Gasteiger partial charge on any atom is 0.171 e. The number of rotatable bonds is 5. The Morgan fingerprint density at radius 2 is 1.75 bits per heavy atom. The number of thiocarbonyl (C=S) groups is 1. The predicted molar refractivity (Wildman–Crippen MR) is 118 cm³/mol. The number of benzene rings is 2. The van der Waals surface area contributed by atoms with Crippen LogP contribution in [0.25, 0.3) is 5.70 Å². The van der Waals surface area contributed by atoms with E-state index in [1.165, 1.54) is 6.92 Å². The topological polar surface area (TPSA) is 50.4 Å². The van der Waals surface area contributed by atoms with Crippen molar-refractivity contribution in [2.45, 2.75) is 32.9 Å². The molecule has 3 rings (SSSR count). The third-order valence-electron chi connectivity index (χ3n) is 4.22. The van der Waals surface area contributed by atoms with E-state index in [4.69, 9.17) is 40.2 Å². The summed E-state index contributed by atoms with van der Waals surface area (Å²) in [7, 11) is 0. The number of hydrogen-bond donors (Lipinski definition) is 2. The fourth-order valence-corrected chi connectivity index (χ4v) is 3.93. The Morgan fingerprint density at radius 1 is 1.14 bits per heavy atom. The highest BCUT2D eigenvalue weighted by Crippen LogP contribution is 2.39. The van der Waals surface area contributed by atoms with Crippen LogP contribution in [-0.2, 0) is 4.79 Å². The molecule has 0 spiro atoms. The van der Waals surface area contributed by atoms with Gasteiger partial charge in [-0.25, -0.2) is 0 Å². The van der Waals surface area contributed by atoms with Gasteiger partial charge in [0.15, 0.2) is 16.6 Å². The van der Waals surface area contributed by atoms with E-state index in [1.54, 1.807) is 12.1 Å². The molecule has 0 saturated heterocycles. The molecule has 1 heterocycles. The molecule has 0 bridgehead atoms. The minimum Gasteiger partial charge on any atom is -0.488 e. The highest BCUT2D eigenvalue weighted by molar-refractivity contribution is 7.80. The summed E-state index contributed by atoms with van der Waals surface area (Å²) in [4.78, 5) is 12.6. The Kier molecular flexibility index (Phi) is 6.28. The molecule has 2 aromatic rings. The Morgan fingerprint density at radius 3 is 2.29 bits per heavy atom. The number of carbonyl (C=O) groups excluding carboxylic acids is 1. The molecule has 0 radical (unpaired) electrons. The number of hydrogen-bond acceptors (Lipinski definition) is 3. The van der Waals surface area contributed by atoms with Crippen molar-refractivity contribution in [3.8, 4) is 5.75 Å². The molecule has 0 unspecified atom stereocenters. The molecule has 0 saturated carbocycles. The largest absolute Gasteiger partial charge is 0.488 e. The van der Waals surface area contributed by atoms with Crippen molar-refractivity contribution in [1.29, 1.82) is 0 Å². The van der Waals surface area contributed by atoms with Gasteiger partial charge >= 0.3 is 0 Å². The zero-order valence-electron chi connectivity index (χ0n) is 15.7. The number of halogens is 2. The highest BCUT2D eigenvalue weighted by atomic mass is 35.5. The van der Waals surface area contributed by atoms with Crippen molar-refractivity contribution in [2.24, 2.45) is 0 Å². The van der Waals surface area contributed by atoms with Gasteiger partial charge in [0.2, 0.25) is 0 Å².